The fourth-order valence-electron chi connectivity index (χ4n) is 8.41. The van der Waals surface area contributed by atoms with Gasteiger partial charge in [0.25, 0.3) is 8.32 Å². The third-order valence-electron chi connectivity index (χ3n) is 12.1. The quantitative estimate of drug-likeness (QED) is 0.0315. The minimum atomic E-state index is -2.92. The van der Waals surface area contributed by atoms with E-state index < -0.39 is 19.9 Å². The van der Waals surface area contributed by atoms with Crippen LogP contribution in [-0.2, 0) is 41.4 Å². The van der Waals surface area contributed by atoms with Crippen molar-refractivity contribution in [2.24, 2.45) is 11.8 Å². The first-order valence-electron chi connectivity index (χ1n) is 21.8. The minimum Gasteiger partial charge on any atom is -0.497 e. The molecule has 4 aromatic carbocycles. The molecule has 0 N–H and O–H groups in total. The van der Waals surface area contributed by atoms with E-state index in [9.17, 15) is 9.59 Å². The summed E-state index contributed by atoms with van der Waals surface area (Å²) in [6.07, 6.45) is 4.52. The zero-order valence-electron chi connectivity index (χ0n) is 39.2. The molecule has 9 heteroatoms. The zero-order valence-corrected chi connectivity index (χ0v) is 40.2. The first-order chi connectivity index (χ1) is 29.6. The van der Waals surface area contributed by atoms with Gasteiger partial charge in [-0.2, -0.15) is 0 Å². The highest BCUT2D eigenvalue weighted by atomic mass is 28.4. The minimum absolute atomic E-state index is 0.0489. The predicted molar refractivity (Wildman–Crippen MR) is 253 cm³/mol. The molecular weight excluding hydrogens is 793 g/mol. The van der Waals surface area contributed by atoms with Gasteiger partial charge >= 0.3 is 5.97 Å². The highest BCUT2D eigenvalue weighted by Gasteiger charge is 2.52. The Morgan fingerprint density at radius 3 is 1.63 bits per heavy atom. The summed E-state index contributed by atoms with van der Waals surface area (Å²) in [6.45, 7) is 19.8. The van der Waals surface area contributed by atoms with Crippen LogP contribution in [0.15, 0.2) is 132 Å². The van der Waals surface area contributed by atoms with E-state index in [4.69, 9.17) is 28.1 Å². The van der Waals surface area contributed by atoms with Crippen LogP contribution in [0.3, 0.4) is 0 Å². The second-order valence-corrected chi connectivity index (χ2v) is 21.6. The van der Waals surface area contributed by atoms with Gasteiger partial charge < -0.3 is 28.1 Å². The van der Waals surface area contributed by atoms with Gasteiger partial charge in [0.05, 0.1) is 46.8 Å². The van der Waals surface area contributed by atoms with Crippen molar-refractivity contribution in [3.63, 3.8) is 0 Å². The van der Waals surface area contributed by atoms with Gasteiger partial charge in [-0.25, -0.2) is 4.79 Å². The normalized spacial score (nSPS) is 15.5. The number of hydrogen-bond acceptors (Lipinski definition) is 8. The van der Waals surface area contributed by atoms with E-state index in [2.05, 4.69) is 128 Å². The molecule has 5 atom stereocenters. The van der Waals surface area contributed by atoms with E-state index in [1.165, 1.54) is 17.5 Å². The summed E-state index contributed by atoms with van der Waals surface area (Å²) in [6, 6.07) is 36.7. The van der Waals surface area contributed by atoms with Crippen molar-refractivity contribution in [2.45, 2.75) is 118 Å². The van der Waals surface area contributed by atoms with Crippen molar-refractivity contribution in [2.75, 3.05) is 21.3 Å². The number of allylic oxidation sites excluding steroid dienone is 1. The molecule has 0 aliphatic rings. The molecule has 8 nitrogen and oxygen atoms in total. The number of Topliss-reactive ketones (excluding diaryl/α,β-unsaturated/α-hetero) is 1. The molecule has 0 aliphatic heterocycles. The molecule has 0 aromatic heterocycles. The lowest BCUT2D eigenvalue weighted by Gasteiger charge is -2.46. The van der Waals surface area contributed by atoms with E-state index in [0.717, 1.165) is 28.0 Å². The maximum Gasteiger partial charge on any atom is 0.345 e. The fourth-order valence-corrected chi connectivity index (χ4v) is 13.2. The molecule has 0 fully saturated rings. The first kappa shape index (κ1) is 49.8. The number of ketones is 1. The summed E-state index contributed by atoms with van der Waals surface area (Å²) in [4.78, 5) is 27.6. The number of esters is 1. The first-order valence-corrected chi connectivity index (χ1v) is 23.7. The molecule has 0 radical (unpaired) electrons. The SMILES string of the molecule is C/C=C(\C)[C@H](O[Si](c1ccccc1)(c1ccccc1)C(C)(C)C)[C@@H](C)/C=C(\C)[C@@H](OCc1ccc(OC)cc1)[C@@H](C)CCC(=O)[C@](CC)(OCc1ccc(OC)cc1)C(=O)OC. The van der Waals surface area contributed by atoms with Gasteiger partial charge in [-0.1, -0.05) is 139 Å². The van der Waals surface area contributed by atoms with Crippen LogP contribution in [-0.4, -0.2) is 59.2 Å². The van der Waals surface area contributed by atoms with Crippen LogP contribution in [0.2, 0.25) is 5.04 Å². The average Bonchev–Trinajstić information content (AvgIpc) is 3.29. The second-order valence-electron chi connectivity index (χ2n) is 17.3. The smallest absolute Gasteiger partial charge is 0.345 e. The number of ether oxygens (including phenoxy) is 5. The number of carbonyl (C=O) groups is 2. The molecule has 0 spiro atoms. The van der Waals surface area contributed by atoms with Crippen LogP contribution in [0.25, 0.3) is 0 Å². The predicted octanol–water partition coefficient (Wildman–Crippen LogP) is 10.6. The number of hydrogen-bond donors (Lipinski definition) is 0. The van der Waals surface area contributed by atoms with Crippen molar-refractivity contribution in [1.29, 1.82) is 0 Å². The van der Waals surface area contributed by atoms with Crippen molar-refractivity contribution >= 4 is 30.4 Å². The fraction of sp³-hybridized carbons (Fsp3) is 0.434. The van der Waals surface area contributed by atoms with E-state index in [-0.39, 0.29) is 54.3 Å². The third-order valence-corrected chi connectivity index (χ3v) is 17.1. The molecular formula is C53H70O8Si. The maximum absolute atomic E-state index is 14.2. The Balaban J connectivity index is 1.69. The lowest BCUT2D eigenvalue weighted by Crippen LogP contribution is -2.68. The molecule has 0 bridgehead atoms. The number of rotatable bonds is 23. The van der Waals surface area contributed by atoms with Crippen LogP contribution in [0.5, 0.6) is 11.5 Å². The van der Waals surface area contributed by atoms with Crippen molar-refractivity contribution in [3.8, 4) is 11.5 Å². The van der Waals surface area contributed by atoms with E-state index in [1.807, 2.05) is 48.5 Å². The van der Waals surface area contributed by atoms with Crippen LogP contribution in [0.4, 0.5) is 0 Å². The Kier molecular flexibility index (Phi) is 18.5. The van der Waals surface area contributed by atoms with Gasteiger partial charge in [0, 0.05) is 12.3 Å². The van der Waals surface area contributed by atoms with E-state index >= 15 is 0 Å². The molecule has 62 heavy (non-hydrogen) atoms. The maximum atomic E-state index is 14.2. The molecule has 0 amide bonds. The summed E-state index contributed by atoms with van der Waals surface area (Å²) in [5.41, 5.74) is 2.25. The molecule has 0 unspecified atom stereocenters. The lowest BCUT2D eigenvalue weighted by molar-refractivity contribution is -0.178. The Bertz CT molecular complexity index is 2020. The van der Waals surface area contributed by atoms with Gasteiger partial charge in [-0.3, -0.25) is 4.79 Å². The Hall–Kier alpha value is -4.80. The van der Waals surface area contributed by atoms with Crippen LogP contribution in [0.1, 0.15) is 92.7 Å². The highest BCUT2D eigenvalue weighted by molar-refractivity contribution is 6.99. The Morgan fingerprint density at radius 2 is 1.19 bits per heavy atom. The standard InChI is InChI=1S/C53H70O8Si/c1-13-38(3)50(61-62(52(7,8)9,46-21-17-15-18-22-46)47-23-19-16-20-24-47)41(6)35-40(5)49(59-36-42-26-30-44(56-10)31-27-42)39(4)25-34-48(54)53(14-2,51(55)58-12)60-37-43-28-32-45(57-11)33-29-43/h13,15-24,26-33,35,39,41,49-50H,14,25,34,36-37H2,1-12H3/b38-13+,40-35+/t39-,41-,49-,50-,53-/m0/s1. The van der Waals surface area contributed by atoms with Gasteiger partial charge in [-0.15, -0.1) is 0 Å². The van der Waals surface area contributed by atoms with Crippen LogP contribution >= 0.6 is 0 Å². The van der Waals surface area contributed by atoms with Crippen molar-refractivity contribution in [3.05, 3.63) is 144 Å². The molecule has 4 aromatic rings. The molecule has 0 heterocycles. The van der Waals surface area contributed by atoms with Gasteiger partial charge in [0.1, 0.15) is 11.5 Å². The summed E-state index contributed by atoms with van der Waals surface area (Å²) >= 11 is 0. The van der Waals surface area contributed by atoms with Crippen LogP contribution in [0, 0.1) is 11.8 Å². The monoisotopic (exact) mass is 862 g/mol. The van der Waals surface area contributed by atoms with Crippen LogP contribution < -0.4 is 19.8 Å². The number of methoxy groups -OCH3 is 3. The lowest BCUT2D eigenvalue weighted by atomic mass is 9.86. The molecule has 0 aliphatic carbocycles. The summed E-state index contributed by atoms with van der Waals surface area (Å²) < 4.78 is 36.7. The van der Waals surface area contributed by atoms with E-state index in [0.29, 0.717) is 18.8 Å². The molecule has 0 saturated heterocycles. The molecule has 4 rings (SSSR count). The van der Waals surface area contributed by atoms with Gasteiger partial charge in [0.2, 0.25) is 5.60 Å². The number of benzene rings is 4. The Morgan fingerprint density at radius 1 is 0.694 bits per heavy atom. The zero-order chi connectivity index (χ0) is 45.5. The van der Waals surface area contributed by atoms with Gasteiger partial charge in [0.15, 0.2) is 5.78 Å². The summed E-state index contributed by atoms with van der Waals surface area (Å²) in [5, 5.41) is 2.24. The van der Waals surface area contributed by atoms with Gasteiger partial charge in [-0.05, 0) is 101 Å². The van der Waals surface area contributed by atoms with Crippen molar-refractivity contribution < 1.29 is 37.7 Å². The molecule has 0 saturated carbocycles. The number of carbonyl (C=O) groups excluding carboxylic acids is 2. The largest absolute Gasteiger partial charge is 0.497 e. The summed E-state index contributed by atoms with van der Waals surface area (Å²) in [5.74, 6) is 0.289. The third kappa shape index (κ3) is 12.0. The summed E-state index contributed by atoms with van der Waals surface area (Å²) in [7, 11) is 1.62. The van der Waals surface area contributed by atoms with Crippen molar-refractivity contribution in [1.82, 2.24) is 0 Å². The highest BCUT2D eigenvalue weighted by Crippen LogP contribution is 2.40. The average molecular weight is 863 g/mol. The second kappa shape index (κ2) is 23.0. The Labute approximate surface area is 372 Å². The van der Waals surface area contributed by atoms with E-state index in [1.54, 1.807) is 21.1 Å². The molecule has 334 valence electrons. The topological polar surface area (TPSA) is 89.5 Å².